The number of sulfonamides is 1. The van der Waals surface area contributed by atoms with E-state index in [4.69, 9.17) is 16.3 Å². The van der Waals surface area contributed by atoms with Crippen LogP contribution in [0.1, 0.15) is 90.3 Å². The second kappa shape index (κ2) is 14.6. The number of carbonyl (C=O) groups is 1. The minimum Gasteiger partial charge on any atom is -0.494 e. The van der Waals surface area contributed by atoms with E-state index in [1.165, 1.54) is 17.8 Å². The van der Waals surface area contributed by atoms with E-state index in [0.717, 1.165) is 36.9 Å². The molecule has 2 aliphatic carbocycles. The van der Waals surface area contributed by atoms with Gasteiger partial charge in [0.15, 0.2) is 11.6 Å². The fourth-order valence-corrected chi connectivity index (χ4v) is 10.8. The van der Waals surface area contributed by atoms with Crippen LogP contribution in [0.25, 0.3) is 0 Å². The van der Waals surface area contributed by atoms with Crippen LogP contribution < -0.4 is 10.1 Å². The molecule has 1 N–H and O–H groups in total. The molecule has 3 fully saturated rings. The molecular formula is C39H58ClFN4O4S. The number of likely N-dealkylation sites (N-methyl/N-ethyl adjacent to an activating group) is 1. The van der Waals surface area contributed by atoms with Crippen molar-refractivity contribution < 1.29 is 22.3 Å². The van der Waals surface area contributed by atoms with Gasteiger partial charge in [-0.05, 0) is 91.6 Å². The Morgan fingerprint density at radius 3 is 2.42 bits per heavy atom. The molecule has 11 heteroatoms. The predicted molar refractivity (Wildman–Crippen MR) is 199 cm³/mol. The van der Waals surface area contributed by atoms with Crippen molar-refractivity contribution in [3.05, 3.63) is 63.9 Å². The number of ether oxygens (including phenoxy) is 1. The quantitative estimate of drug-likeness (QED) is 0.237. The highest BCUT2D eigenvalue weighted by Crippen LogP contribution is 2.65. The summed E-state index contributed by atoms with van der Waals surface area (Å²) in [5, 5.41) is 3.66. The number of benzene rings is 2. The van der Waals surface area contributed by atoms with Crippen molar-refractivity contribution in [1.82, 2.24) is 19.4 Å². The van der Waals surface area contributed by atoms with Crippen LogP contribution >= 0.6 is 11.6 Å². The van der Waals surface area contributed by atoms with E-state index in [-0.39, 0.29) is 65.2 Å². The smallest absolute Gasteiger partial charge is 0.238 e. The molecule has 5 atom stereocenters. The number of nitrogens with zero attached hydrogens (tertiary/aromatic N) is 3. The summed E-state index contributed by atoms with van der Waals surface area (Å²) < 4.78 is 49.1. The van der Waals surface area contributed by atoms with Gasteiger partial charge >= 0.3 is 0 Å². The van der Waals surface area contributed by atoms with E-state index in [9.17, 15) is 13.2 Å². The number of fused-ring (bicyclic) bond motifs is 2. The molecule has 50 heavy (non-hydrogen) atoms. The van der Waals surface area contributed by atoms with E-state index < -0.39 is 21.9 Å². The third kappa shape index (κ3) is 8.04. The lowest BCUT2D eigenvalue weighted by atomic mass is 9.69. The molecule has 1 amide bonds. The Bertz CT molecular complexity index is 1660. The average Bonchev–Trinajstić information content (AvgIpc) is 3.50. The first-order chi connectivity index (χ1) is 23.3. The fraction of sp³-hybridized carbons (Fsp3) is 0.667. The van der Waals surface area contributed by atoms with Crippen molar-refractivity contribution in [3.63, 3.8) is 0 Å². The lowest BCUT2D eigenvalue weighted by molar-refractivity contribution is -0.126. The molecule has 8 nitrogen and oxygen atoms in total. The van der Waals surface area contributed by atoms with Gasteiger partial charge < -0.3 is 15.0 Å². The topological polar surface area (TPSA) is 82.2 Å². The highest BCUT2D eigenvalue weighted by molar-refractivity contribution is 7.89. The summed E-state index contributed by atoms with van der Waals surface area (Å²) in [6, 6.07) is 10.5. The molecule has 5 rings (SSSR count). The van der Waals surface area contributed by atoms with Gasteiger partial charge in [-0.2, -0.15) is 4.31 Å². The van der Waals surface area contributed by atoms with Crippen LogP contribution in [-0.4, -0.2) is 80.1 Å². The van der Waals surface area contributed by atoms with Gasteiger partial charge in [0.25, 0.3) is 0 Å². The van der Waals surface area contributed by atoms with Gasteiger partial charge in [0.2, 0.25) is 15.9 Å². The van der Waals surface area contributed by atoms with Gasteiger partial charge in [0.1, 0.15) is 6.04 Å². The van der Waals surface area contributed by atoms with Crippen LogP contribution in [-0.2, 0) is 34.5 Å². The highest BCUT2D eigenvalue weighted by atomic mass is 35.5. The zero-order chi connectivity index (χ0) is 36.8. The van der Waals surface area contributed by atoms with Crippen LogP contribution in [0.3, 0.4) is 0 Å². The third-order valence-corrected chi connectivity index (χ3v) is 14.4. The molecule has 1 heterocycles. The molecule has 3 aliphatic rings. The molecule has 2 saturated carbocycles. The van der Waals surface area contributed by atoms with Gasteiger partial charge in [-0.3, -0.25) is 9.69 Å². The molecule has 2 aromatic rings. The van der Waals surface area contributed by atoms with Gasteiger partial charge in [-0.1, -0.05) is 77.4 Å². The molecule has 3 unspecified atom stereocenters. The highest BCUT2D eigenvalue weighted by Gasteiger charge is 2.62. The van der Waals surface area contributed by atoms with Crippen molar-refractivity contribution in [2.24, 2.45) is 22.2 Å². The molecule has 278 valence electrons. The van der Waals surface area contributed by atoms with Crippen LogP contribution in [0.5, 0.6) is 5.75 Å². The van der Waals surface area contributed by atoms with E-state index in [1.54, 1.807) is 12.1 Å². The molecular weight excluding hydrogens is 675 g/mol. The molecule has 0 radical (unpaired) electrons. The van der Waals surface area contributed by atoms with E-state index in [2.05, 4.69) is 56.7 Å². The number of methoxy groups -OCH3 is 1. The summed E-state index contributed by atoms with van der Waals surface area (Å²) in [7, 11) is 1.91. The Kier molecular flexibility index (Phi) is 11.4. The third-order valence-electron chi connectivity index (χ3n) is 12.2. The van der Waals surface area contributed by atoms with E-state index in [0.29, 0.717) is 23.0 Å². The summed E-state index contributed by atoms with van der Waals surface area (Å²) in [4.78, 5) is 18.2. The molecule has 2 bridgehead atoms. The molecule has 0 spiro atoms. The average molecular weight is 733 g/mol. The standard InChI is InChI=1S/C39H58ClFN4O4S/c1-37(2,3)21-29(24-43(7)8)44(25-30-31(40)13-14-33(49-9)35(30)41)22-26-11-10-12-27(19-26)23-45-32(16-18-50(45,47)48)36(46)42-34-20-28-15-17-39(34,6)38(28,4)5/h10-14,19,28-29,32,34H,15-18,20-25H2,1-9H3,(H,42,46)/t28?,29-,32?,34-,39?/m0/s1. The van der Waals surface area contributed by atoms with Crippen LogP contribution in [0.2, 0.25) is 5.02 Å². The summed E-state index contributed by atoms with van der Waals surface area (Å²) in [5.74, 6) is 0.0229. The van der Waals surface area contributed by atoms with Crippen LogP contribution in [0, 0.1) is 28.0 Å². The second-order valence-electron chi connectivity index (χ2n) is 17.3. The number of halogens is 2. The number of hydrogen-bond acceptors (Lipinski definition) is 6. The Hall–Kier alpha value is -2.24. The van der Waals surface area contributed by atoms with Crippen molar-refractivity contribution in [3.8, 4) is 5.75 Å². The molecule has 2 aromatic carbocycles. The minimum atomic E-state index is -3.61. The fourth-order valence-electron chi connectivity index (χ4n) is 8.95. The molecule has 1 aliphatic heterocycles. The van der Waals surface area contributed by atoms with Crippen LogP contribution in [0.4, 0.5) is 4.39 Å². The number of hydrogen-bond donors (Lipinski definition) is 1. The van der Waals surface area contributed by atoms with Gasteiger partial charge in [-0.25, -0.2) is 12.8 Å². The van der Waals surface area contributed by atoms with Gasteiger partial charge in [0, 0.05) is 48.8 Å². The SMILES string of the molecule is COc1ccc(Cl)c(CN(Cc2cccc(CN3C(C(=O)N[C@H]4CC5CCC4(C)C5(C)C)CCS3(=O)=O)c2)[C@H](CN(C)C)CC(C)(C)C)c1F. The normalized spacial score (nSPS) is 26.5. The molecule has 0 aromatic heterocycles. The maximum absolute atomic E-state index is 15.7. The van der Waals surface area contributed by atoms with Gasteiger partial charge in [-0.15, -0.1) is 0 Å². The number of carbonyl (C=O) groups excluding carboxylic acids is 1. The lowest BCUT2D eigenvalue weighted by Gasteiger charge is -2.40. The lowest BCUT2D eigenvalue weighted by Crippen LogP contribution is -2.52. The Balaban J connectivity index is 1.39. The first kappa shape index (κ1) is 39.0. The van der Waals surface area contributed by atoms with E-state index in [1.807, 2.05) is 38.4 Å². The summed E-state index contributed by atoms with van der Waals surface area (Å²) >= 11 is 6.60. The van der Waals surface area contributed by atoms with Crippen molar-refractivity contribution in [1.29, 1.82) is 0 Å². The zero-order valence-corrected chi connectivity index (χ0v) is 33.1. The van der Waals surface area contributed by atoms with Gasteiger partial charge in [0.05, 0.1) is 12.9 Å². The zero-order valence-electron chi connectivity index (χ0n) is 31.5. The number of nitrogens with one attached hydrogen (secondary N) is 1. The van der Waals surface area contributed by atoms with Crippen molar-refractivity contribution >= 4 is 27.5 Å². The summed E-state index contributed by atoms with van der Waals surface area (Å²) in [6.07, 6.45) is 4.34. The second-order valence-corrected chi connectivity index (χ2v) is 19.7. The summed E-state index contributed by atoms with van der Waals surface area (Å²) in [6.45, 7) is 15.1. The van der Waals surface area contributed by atoms with E-state index >= 15 is 4.39 Å². The predicted octanol–water partition coefficient (Wildman–Crippen LogP) is 7.09. The monoisotopic (exact) mass is 732 g/mol. The minimum absolute atomic E-state index is 0.00239. The number of rotatable bonds is 13. The van der Waals surface area contributed by atoms with Crippen LogP contribution in [0.15, 0.2) is 36.4 Å². The Labute approximate surface area is 305 Å². The maximum Gasteiger partial charge on any atom is 0.238 e. The largest absolute Gasteiger partial charge is 0.494 e. The first-order valence-corrected chi connectivity index (χ1v) is 20.0. The molecule has 1 saturated heterocycles. The first-order valence-electron chi connectivity index (χ1n) is 18.0. The Morgan fingerprint density at radius 2 is 1.82 bits per heavy atom. The van der Waals surface area contributed by atoms with Crippen molar-refractivity contribution in [2.45, 2.75) is 111 Å². The number of amides is 1. The van der Waals surface area contributed by atoms with Crippen molar-refractivity contribution in [2.75, 3.05) is 33.5 Å². The Morgan fingerprint density at radius 1 is 1.12 bits per heavy atom. The maximum atomic E-state index is 15.7. The summed E-state index contributed by atoms with van der Waals surface area (Å²) in [5.41, 5.74) is 2.31.